The Labute approximate surface area is 99.6 Å². The van der Waals surface area contributed by atoms with E-state index in [1.165, 1.54) is 18.2 Å². The number of halogens is 2. The Morgan fingerprint density at radius 2 is 2.12 bits per heavy atom. The van der Waals surface area contributed by atoms with Crippen molar-refractivity contribution in [3.8, 4) is 0 Å². The molecular formula is C12H15ClFNO. The van der Waals surface area contributed by atoms with Crippen LogP contribution in [0.25, 0.3) is 0 Å². The summed E-state index contributed by atoms with van der Waals surface area (Å²) in [6, 6.07) is 4.25. The number of carbonyl (C=O) groups excluding carboxylic acids is 1. The van der Waals surface area contributed by atoms with Crippen LogP contribution in [0.4, 0.5) is 4.39 Å². The lowest BCUT2D eigenvalue weighted by Crippen LogP contribution is -2.06. The first-order chi connectivity index (χ1) is 7.63. The highest BCUT2D eigenvalue weighted by atomic mass is 35.5. The van der Waals surface area contributed by atoms with E-state index in [9.17, 15) is 9.18 Å². The van der Waals surface area contributed by atoms with Gasteiger partial charge in [0.1, 0.15) is 11.6 Å². The average molecular weight is 244 g/mol. The Bertz CT molecular complexity index is 368. The Hall–Kier alpha value is -0.930. The third kappa shape index (κ3) is 4.29. The maximum absolute atomic E-state index is 13.3. The third-order valence-corrected chi connectivity index (χ3v) is 2.54. The molecule has 0 spiro atoms. The van der Waals surface area contributed by atoms with Crippen molar-refractivity contribution < 1.29 is 9.18 Å². The molecule has 0 saturated carbocycles. The fourth-order valence-corrected chi connectivity index (χ4v) is 1.64. The molecule has 0 aliphatic rings. The average Bonchev–Trinajstić information content (AvgIpc) is 2.24. The minimum atomic E-state index is -0.378. The number of hydrogen-bond acceptors (Lipinski definition) is 2. The van der Waals surface area contributed by atoms with Crippen LogP contribution in [0.2, 0.25) is 5.02 Å². The summed E-state index contributed by atoms with van der Waals surface area (Å²) >= 11 is 5.73. The van der Waals surface area contributed by atoms with Gasteiger partial charge in [-0.1, -0.05) is 11.6 Å². The van der Waals surface area contributed by atoms with E-state index in [0.717, 1.165) is 12.8 Å². The minimum absolute atomic E-state index is 0.0228. The molecule has 0 bridgehead atoms. The standard InChI is InChI=1S/C12H15ClFNO/c13-10-4-5-12(14)9(7-10)8-11(16)3-1-2-6-15/h4-5,7H,1-3,6,8,15H2. The zero-order valence-electron chi connectivity index (χ0n) is 9.01. The van der Waals surface area contributed by atoms with Crippen LogP contribution in [0.3, 0.4) is 0 Å². The van der Waals surface area contributed by atoms with Crippen LogP contribution in [0.1, 0.15) is 24.8 Å². The molecule has 0 aliphatic heterocycles. The Kier molecular flexibility index (Phi) is 5.43. The predicted octanol–water partition coefficient (Wildman–Crippen LogP) is 2.72. The van der Waals surface area contributed by atoms with Crippen molar-refractivity contribution >= 4 is 17.4 Å². The van der Waals surface area contributed by atoms with Gasteiger partial charge in [-0.2, -0.15) is 0 Å². The van der Waals surface area contributed by atoms with Gasteiger partial charge in [-0.3, -0.25) is 4.79 Å². The number of unbranched alkanes of at least 4 members (excludes halogenated alkanes) is 1. The first-order valence-electron chi connectivity index (χ1n) is 5.29. The van der Waals surface area contributed by atoms with Gasteiger partial charge in [-0.15, -0.1) is 0 Å². The van der Waals surface area contributed by atoms with Gasteiger partial charge in [0, 0.05) is 17.9 Å². The molecule has 0 radical (unpaired) electrons. The second kappa shape index (κ2) is 6.61. The van der Waals surface area contributed by atoms with E-state index in [1.54, 1.807) is 0 Å². The maximum Gasteiger partial charge on any atom is 0.137 e. The van der Waals surface area contributed by atoms with E-state index in [1.807, 2.05) is 0 Å². The van der Waals surface area contributed by atoms with Crippen molar-refractivity contribution in [2.75, 3.05) is 6.54 Å². The Morgan fingerprint density at radius 3 is 2.81 bits per heavy atom. The van der Waals surface area contributed by atoms with Gasteiger partial charge in [-0.05, 0) is 43.1 Å². The fourth-order valence-electron chi connectivity index (χ4n) is 1.45. The molecule has 16 heavy (non-hydrogen) atoms. The molecule has 0 heterocycles. The van der Waals surface area contributed by atoms with Crippen molar-refractivity contribution in [1.29, 1.82) is 0 Å². The van der Waals surface area contributed by atoms with Crippen molar-refractivity contribution in [2.45, 2.75) is 25.7 Å². The molecule has 88 valence electrons. The molecule has 1 aromatic carbocycles. The number of rotatable bonds is 6. The summed E-state index contributed by atoms with van der Waals surface area (Å²) in [7, 11) is 0. The fraction of sp³-hybridized carbons (Fsp3) is 0.417. The summed E-state index contributed by atoms with van der Waals surface area (Å²) in [5.74, 6) is -0.355. The molecule has 0 amide bonds. The minimum Gasteiger partial charge on any atom is -0.330 e. The van der Waals surface area contributed by atoms with Gasteiger partial charge in [-0.25, -0.2) is 4.39 Å². The summed E-state index contributed by atoms with van der Waals surface area (Å²) in [4.78, 5) is 11.5. The number of Topliss-reactive ketones (excluding diaryl/α,β-unsaturated/α-hetero) is 1. The highest BCUT2D eigenvalue weighted by Crippen LogP contribution is 2.16. The molecule has 0 unspecified atom stereocenters. The van der Waals surface area contributed by atoms with Crippen LogP contribution in [0, 0.1) is 5.82 Å². The van der Waals surface area contributed by atoms with Gasteiger partial charge in [0.05, 0.1) is 0 Å². The summed E-state index contributed by atoms with van der Waals surface area (Å²) in [5, 5.41) is 0.450. The molecule has 1 rings (SSSR count). The van der Waals surface area contributed by atoms with E-state index in [4.69, 9.17) is 17.3 Å². The molecule has 1 aromatic rings. The molecule has 2 N–H and O–H groups in total. The van der Waals surface area contributed by atoms with Crippen LogP contribution in [-0.4, -0.2) is 12.3 Å². The number of nitrogens with two attached hydrogens (primary N) is 1. The van der Waals surface area contributed by atoms with E-state index in [-0.39, 0.29) is 18.0 Å². The molecule has 4 heteroatoms. The first-order valence-corrected chi connectivity index (χ1v) is 5.67. The topological polar surface area (TPSA) is 43.1 Å². The molecule has 0 saturated heterocycles. The quantitative estimate of drug-likeness (QED) is 0.781. The van der Waals surface area contributed by atoms with E-state index >= 15 is 0 Å². The highest BCUT2D eigenvalue weighted by molar-refractivity contribution is 6.30. The largest absolute Gasteiger partial charge is 0.330 e. The third-order valence-electron chi connectivity index (χ3n) is 2.31. The zero-order chi connectivity index (χ0) is 12.0. The smallest absolute Gasteiger partial charge is 0.137 e. The van der Waals surface area contributed by atoms with E-state index in [2.05, 4.69) is 0 Å². The van der Waals surface area contributed by atoms with Crippen LogP contribution in [0.5, 0.6) is 0 Å². The van der Waals surface area contributed by atoms with E-state index in [0.29, 0.717) is 23.6 Å². The lowest BCUT2D eigenvalue weighted by Gasteiger charge is -2.03. The van der Waals surface area contributed by atoms with Crippen LogP contribution in [-0.2, 0) is 11.2 Å². The van der Waals surface area contributed by atoms with Gasteiger partial charge < -0.3 is 5.73 Å². The van der Waals surface area contributed by atoms with Crippen molar-refractivity contribution in [2.24, 2.45) is 5.73 Å². The predicted molar refractivity (Wildman–Crippen MR) is 63.0 cm³/mol. The Morgan fingerprint density at radius 1 is 1.38 bits per heavy atom. The van der Waals surface area contributed by atoms with Gasteiger partial charge in [0.2, 0.25) is 0 Å². The van der Waals surface area contributed by atoms with E-state index < -0.39 is 0 Å². The van der Waals surface area contributed by atoms with Crippen molar-refractivity contribution in [1.82, 2.24) is 0 Å². The summed E-state index contributed by atoms with van der Waals surface area (Å²) in [5.41, 5.74) is 5.69. The lowest BCUT2D eigenvalue weighted by atomic mass is 10.0. The number of benzene rings is 1. The van der Waals surface area contributed by atoms with Crippen molar-refractivity contribution in [3.63, 3.8) is 0 Å². The van der Waals surface area contributed by atoms with Crippen molar-refractivity contribution in [3.05, 3.63) is 34.6 Å². The second-order valence-electron chi connectivity index (χ2n) is 3.70. The van der Waals surface area contributed by atoms with Gasteiger partial charge >= 0.3 is 0 Å². The first kappa shape index (κ1) is 13.1. The van der Waals surface area contributed by atoms with Crippen LogP contribution >= 0.6 is 11.6 Å². The summed E-state index contributed by atoms with van der Waals surface area (Å²) in [6.07, 6.45) is 2.14. The summed E-state index contributed by atoms with van der Waals surface area (Å²) in [6.45, 7) is 0.582. The summed E-state index contributed by atoms with van der Waals surface area (Å²) < 4.78 is 13.3. The highest BCUT2D eigenvalue weighted by Gasteiger charge is 2.08. The monoisotopic (exact) mass is 243 g/mol. The molecule has 0 aliphatic carbocycles. The number of carbonyl (C=O) groups is 1. The molecule has 0 fully saturated rings. The van der Waals surface area contributed by atoms with Crippen LogP contribution in [0.15, 0.2) is 18.2 Å². The number of ketones is 1. The SMILES string of the molecule is NCCCCC(=O)Cc1cc(Cl)ccc1F. The van der Waals surface area contributed by atoms with Crippen LogP contribution < -0.4 is 5.73 Å². The Balaban J connectivity index is 2.52. The second-order valence-corrected chi connectivity index (χ2v) is 4.13. The molecular weight excluding hydrogens is 229 g/mol. The molecule has 2 nitrogen and oxygen atoms in total. The number of hydrogen-bond donors (Lipinski definition) is 1. The zero-order valence-corrected chi connectivity index (χ0v) is 9.77. The lowest BCUT2D eigenvalue weighted by molar-refractivity contribution is -0.118. The molecule has 0 aromatic heterocycles. The van der Waals surface area contributed by atoms with Gasteiger partial charge in [0.25, 0.3) is 0 Å². The normalized spacial score (nSPS) is 10.4. The van der Waals surface area contributed by atoms with Gasteiger partial charge in [0.15, 0.2) is 0 Å². The maximum atomic E-state index is 13.3. The molecule has 0 atom stereocenters.